The normalized spacial score (nSPS) is 18.6. The lowest BCUT2D eigenvalue weighted by molar-refractivity contribution is 0.0583. The Morgan fingerprint density at radius 2 is 1.95 bits per heavy atom. The van der Waals surface area contributed by atoms with Gasteiger partial charge in [0.15, 0.2) is 0 Å². The number of para-hydroxylation sites is 1. The Balaban J connectivity index is 2.04. The number of nitrogens with zero attached hydrogens (tertiary/aromatic N) is 1. The lowest BCUT2D eigenvalue weighted by Gasteiger charge is -2.33. The highest BCUT2D eigenvalue weighted by Gasteiger charge is 2.24. The molecule has 2 rings (SSSR count). The Kier molecular flexibility index (Phi) is 5.01. The fraction of sp³-hybridized carbons (Fsp3) is 0.562. The van der Waals surface area contributed by atoms with E-state index in [1.165, 1.54) is 7.11 Å². The lowest BCUT2D eigenvalue weighted by Crippen LogP contribution is -2.36. The number of carbonyl (C=O) groups is 1. The summed E-state index contributed by atoms with van der Waals surface area (Å²) in [6, 6.07) is 7.27. The summed E-state index contributed by atoms with van der Waals surface area (Å²) < 4.78 is 10.8. The van der Waals surface area contributed by atoms with Gasteiger partial charge in [-0.2, -0.15) is 0 Å². The minimum absolute atomic E-state index is 0.106. The molecule has 4 nitrogen and oxygen atoms in total. The van der Waals surface area contributed by atoms with E-state index in [0.717, 1.165) is 25.9 Å². The van der Waals surface area contributed by atoms with Crippen LogP contribution in [0.25, 0.3) is 0 Å². The summed E-state index contributed by atoms with van der Waals surface area (Å²) in [5.41, 5.74) is 0.495. The summed E-state index contributed by atoms with van der Waals surface area (Å²) >= 11 is 0. The molecule has 0 aliphatic carbocycles. The minimum Gasteiger partial charge on any atom is -0.490 e. The maximum atomic E-state index is 11.7. The van der Waals surface area contributed by atoms with Crippen molar-refractivity contribution in [1.29, 1.82) is 0 Å². The molecular weight excluding hydrogens is 254 g/mol. The van der Waals surface area contributed by atoms with E-state index in [1.807, 2.05) is 18.2 Å². The van der Waals surface area contributed by atoms with Crippen LogP contribution in [0.15, 0.2) is 24.3 Å². The van der Waals surface area contributed by atoms with Gasteiger partial charge in [-0.1, -0.05) is 12.1 Å². The SMILES string of the molecule is COC(=O)c1ccccc1OC(C)C1CCN(C)CC1. The third-order valence-electron chi connectivity index (χ3n) is 4.03. The number of benzene rings is 1. The topological polar surface area (TPSA) is 38.8 Å². The van der Waals surface area contributed by atoms with Crippen molar-refractivity contribution in [3.8, 4) is 5.75 Å². The van der Waals surface area contributed by atoms with Crippen LogP contribution in [0.1, 0.15) is 30.1 Å². The number of carbonyl (C=O) groups excluding carboxylic acids is 1. The Bertz CT molecular complexity index is 453. The van der Waals surface area contributed by atoms with Crippen LogP contribution < -0.4 is 4.74 Å². The molecule has 0 bridgehead atoms. The molecule has 1 aromatic rings. The minimum atomic E-state index is -0.351. The van der Waals surface area contributed by atoms with E-state index in [0.29, 0.717) is 17.2 Å². The highest BCUT2D eigenvalue weighted by molar-refractivity contribution is 5.92. The summed E-state index contributed by atoms with van der Waals surface area (Å²) in [6.45, 7) is 4.30. The summed E-state index contributed by atoms with van der Waals surface area (Å²) in [4.78, 5) is 14.1. The van der Waals surface area contributed by atoms with E-state index in [1.54, 1.807) is 6.07 Å². The number of likely N-dealkylation sites (tertiary alicyclic amines) is 1. The zero-order valence-corrected chi connectivity index (χ0v) is 12.5. The van der Waals surface area contributed by atoms with E-state index >= 15 is 0 Å². The number of ether oxygens (including phenoxy) is 2. The second-order valence-electron chi connectivity index (χ2n) is 5.45. The van der Waals surface area contributed by atoms with Crippen molar-refractivity contribution in [2.24, 2.45) is 5.92 Å². The predicted octanol–water partition coefficient (Wildman–Crippen LogP) is 2.58. The van der Waals surface area contributed by atoms with Gasteiger partial charge in [-0.15, -0.1) is 0 Å². The van der Waals surface area contributed by atoms with Crippen LogP contribution in [-0.2, 0) is 4.74 Å². The molecule has 0 N–H and O–H groups in total. The van der Waals surface area contributed by atoms with Crippen molar-refractivity contribution < 1.29 is 14.3 Å². The van der Waals surface area contributed by atoms with Gasteiger partial charge in [0.2, 0.25) is 0 Å². The Hall–Kier alpha value is -1.55. The standard InChI is InChI=1S/C16H23NO3/c1-12(13-8-10-17(2)11-9-13)20-15-7-5-4-6-14(15)16(18)19-3/h4-7,12-13H,8-11H2,1-3H3. The second-order valence-corrected chi connectivity index (χ2v) is 5.45. The van der Waals surface area contributed by atoms with Gasteiger partial charge in [0, 0.05) is 0 Å². The third-order valence-corrected chi connectivity index (χ3v) is 4.03. The van der Waals surface area contributed by atoms with Crippen molar-refractivity contribution in [1.82, 2.24) is 4.90 Å². The number of hydrogen-bond acceptors (Lipinski definition) is 4. The molecule has 1 atom stereocenters. The van der Waals surface area contributed by atoms with Gasteiger partial charge in [0.1, 0.15) is 11.3 Å². The van der Waals surface area contributed by atoms with Crippen molar-refractivity contribution in [2.75, 3.05) is 27.2 Å². The Morgan fingerprint density at radius 3 is 2.60 bits per heavy atom. The molecule has 0 amide bonds. The molecule has 1 aliphatic rings. The van der Waals surface area contributed by atoms with E-state index in [9.17, 15) is 4.79 Å². The average molecular weight is 277 g/mol. The zero-order valence-electron chi connectivity index (χ0n) is 12.5. The quantitative estimate of drug-likeness (QED) is 0.793. The monoisotopic (exact) mass is 277 g/mol. The van der Waals surface area contributed by atoms with Gasteiger partial charge < -0.3 is 14.4 Å². The molecule has 1 unspecified atom stereocenters. The maximum absolute atomic E-state index is 11.7. The van der Waals surface area contributed by atoms with E-state index in [-0.39, 0.29) is 12.1 Å². The van der Waals surface area contributed by atoms with Crippen molar-refractivity contribution >= 4 is 5.97 Å². The third kappa shape index (κ3) is 3.51. The fourth-order valence-electron chi connectivity index (χ4n) is 2.64. The van der Waals surface area contributed by atoms with Crippen LogP contribution >= 0.6 is 0 Å². The lowest BCUT2D eigenvalue weighted by atomic mass is 9.92. The van der Waals surface area contributed by atoms with E-state index in [4.69, 9.17) is 9.47 Å². The first-order valence-electron chi connectivity index (χ1n) is 7.14. The first-order chi connectivity index (χ1) is 9.61. The van der Waals surface area contributed by atoms with E-state index < -0.39 is 0 Å². The summed E-state index contributed by atoms with van der Waals surface area (Å²) in [5.74, 6) is 0.804. The van der Waals surface area contributed by atoms with Crippen molar-refractivity contribution in [2.45, 2.75) is 25.9 Å². The Morgan fingerprint density at radius 1 is 1.30 bits per heavy atom. The first kappa shape index (κ1) is 14.9. The highest BCUT2D eigenvalue weighted by atomic mass is 16.5. The van der Waals surface area contributed by atoms with Crippen LogP contribution in [0.5, 0.6) is 5.75 Å². The zero-order chi connectivity index (χ0) is 14.5. The molecule has 1 aromatic carbocycles. The summed E-state index contributed by atoms with van der Waals surface area (Å²) in [5, 5.41) is 0. The van der Waals surface area contributed by atoms with Gasteiger partial charge in [0.05, 0.1) is 13.2 Å². The van der Waals surface area contributed by atoms with Crippen LogP contribution in [0.3, 0.4) is 0 Å². The van der Waals surface area contributed by atoms with Gasteiger partial charge >= 0.3 is 5.97 Å². The summed E-state index contributed by atoms with van der Waals surface area (Å²) in [7, 11) is 3.54. The number of piperidine rings is 1. The highest BCUT2D eigenvalue weighted by Crippen LogP contribution is 2.26. The molecular formula is C16H23NO3. The number of rotatable bonds is 4. The molecule has 110 valence electrons. The van der Waals surface area contributed by atoms with Crippen molar-refractivity contribution in [3.05, 3.63) is 29.8 Å². The molecule has 1 fully saturated rings. The Labute approximate surface area is 120 Å². The van der Waals surface area contributed by atoms with E-state index in [2.05, 4.69) is 18.9 Å². The van der Waals surface area contributed by atoms with Crippen LogP contribution in [0.2, 0.25) is 0 Å². The van der Waals surface area contributed by atoms with Crippen LogP contribution in [0, 0.1) is 5.92 Å². The molecule has 0 radical (unpaired) electrons. The van der Waals surface area contributed by atoms with Gasteiger partial charge in [0.25, 0.3) is 0 Å². The van der Waals surface area contributed by atoms with Gasteiger partial charge in [-0.25, -0.2) is 4.79 Å². The number of esters is 1. The predicted molar refractivity (Wildman–Crippen MR) is 78.1 cm³/mol. The molecule has 4 heteroatoms. The molecule has 0 spiro atoms. The molecule has 20 heavy (non-hydrogen) atoms. The number of hydrogen-bond donors (Lipinski definition) is 0. The molecule has 0 saturated carbocycles. The van der Waals surface area contributed by atoms with Crippen LogP contribution in [0.4, 0.5) is 0 Å². The molecule has 0 aromatic heterocycles. The maximum Gasteiger partial charge on any atom is 0.341 e. The fourth-order valence-corrected chi connectivity index (χ4v) is 2.64. The summed E-state index contributed by atoms with van der Waals surface area (Å²) in [6.07, 6.45) is 2.38. The van der Waals surface area contributed by atoms with Gasteiger partial charge in [-0.05, 0) is 58.0 Å². The largest absolute Gasteiger partial charge is 0.490 e. The first-order valence-corrected chi connectivity index (χ1v) is 7.14. The number of methoxy groups -OCH3 is 1. The molecule has 1 saturated heterocycles. The van der Waals surface area contributed by atoms with Crippen LogP contribution in [-0.4, -0.2) is 44.2 Å². The average Bonchev–Trinajstić information content (AvgIpc) is 2.47. The smallest absolute Gasteiger partial charge is 0.341 e. The second kappa shape index (κ2) is 6.75. The molecule has 1 aliphatic heterocycles. The van der Waals surface area contributed by atoms with Crippen molar-refractivity contribution in [3.63, 3.8) is 0 Å². The molecule has 1 heterocycles. The van der Waals surface area contributed by atoms with Gasteiger partial charge in [-0.3, -0.25) is 0 Å².